The van der Waals surface area contributed by atoms with E-state index in [9.17, 15) is 9.59 Å². The number of hydrogen-bond donors (Lipinski definition) is 1. The lowest BCUT2D eigenvalue weighted by Crippen LogP contribution is -2.13. The standard InChI is InChI=1S/C6H9ClO4/c1-4(8)2-5(9)3-6(10)11-7/h4,8H,2-3H2,1H3. The molecule has 11 heavy (non-hydrogen) atoms. The van der Waals surface area contributed by atoms with Gasteiger partial charge in [-0.2, -0.15) is 0 Å². The minimum Gasteiger partial charge on any atom is -0.393 e. The maximum Gasteiger partial charge on any atom is 0.332 e. The van der Waals surface area contributed by atoms with Crippen molar-refractivity contribution in [3.05, 3.63) is 0 Å². The zero-order valence-corrected chi connectivity index (χ0v) is 6.80. The van der Waals surface area contributed by atoms with Gasteiger partial charge in [0.25, 0.3) is 0 Å². The summed E-state index contributed by atoms with van der Waals surface area (Å²) < 4.78 is 3.73. The van der Waals surface area contributed by atoms with E-state index in [2.05, 4.69) is 16.2 Å². The second-order valence-corrected chi connectivity index (χ2v) is 2.37. The van der Waals surface area contributed by atoms with Crippen molar-refractivity contribution < 1.29 is 19.0 Å². The first-order chi connectivity index (χ1) is 5.06. The van der Waals surface area contributed by atoms with E-state index in [1.54, 1.807) is 0 Å². The number of aliphatic hydroxyl groups excluding tert-OH is 1. The lowest BCUT2D eigenvalue weighted by Gasteiger charge is -2.00. The summed E-state index contributed by atoms with van der Waals surface area (Å²) in [5, 5.41) is 8.70. The molecule has 0 rings (SSSR count). The van der Waals surface area contributed by atoms with Gasteiger partial charge < -0.3 is 9.40 Å². The second-order valence-electron chi connectivity index (χ2n) is 2.22. The van der Waals surface area contributed by atoms with Gasteiger partial charge in [0, 0.05) is 6.42 Å². The normalized spacial score (nSPS) is 12.3. The highest BCUT2D eigenvalue weighted by Crippen LogP contribution is 1.98. The summed E-state index contributed by atoms with van der Waals surface area (Å²) in [7, 11) is 0. The molecule has 0 saturated heterocycles. The Morgan fingerprint density at radius 2 is 2.18 bits per heavy atom. The van der Waals surface area contributed by atoms with Gasteiger partial charge >= 0.3 is 5.97 Å². The Hall–Kier alpha value is -0.610. The van der Waals surface area contributed by atoms with Crippen LogP contribution < -0.4 is 0 Å². The van der Waals surface area contributed by atoms with Crippen LogP contribution in [0.2, 0.25) is 0 Å². The molecule has 64 valence electrons. The molecule has 4 nitrogen and oxygen atoms in total. The summed E-state index contributed by atoms with van der Waals surface area (Å²) in [4.78, 5) is 21.1. The Kier molecular flexibility index (Phi) is 4.81. The first kappa shape index (κ1) is 10.4. The van der Waals surface area contributed by atoms with Gasteiger partial charge in [0.1, 0.15) is 24.1 Å². The molecule has 1 atom stereocenters. The van der Waals surface area contributed by atoms with Crippen LogP contribution in [-0.2, 0) is 13.9 Å². The predicted octanol–water partition coefficient (Wildman–Crippen LogP) is 0.414. The van der Waals surface area contributed by atoms with Crippen molar-refractivity contribution in [1.82, 2.24) is 0 Å². The van der Waals surface area contributed by atoms with Crippen molar-refractivity contribution in [3.8, 4) is 0 Å². The van der Waals surface area contributed by atoms with Crippen LogP contribution in [0.4, 0.5) is 0 Å². The highest BCUT2D eigenvalue weighted by Gasteiger charge is 2.12. The van der Waals surface area contributed by atoms with E-state index in [4.69, 9.17) is 5.11 Å². The molecule has 0 aromatic carbocycles. The Balaban J connectivity index is 3.61. The van der Waals surface area contributed by atoms with Gasteiger partial charge in [0.2, 0.25) is 0 Å². The lowest BCUT2D eigenvalue weighted by atomic mass is 10.1. The third kappa shape index (κ3) is 5.82. The molecule has 5 heteroatoms. The van der Waals surface area contributed by atoms with Crippen molar-refractivity contribution in [1.29, 1.82) is 0 Å². The lowest BCUT2D eigenvalue weighted by molar-refractivity contribution is -0.138. The number of halogens is 1. The molecule has 0 aliphatic carbocycles. The Morgan fingerprint density at radius 1 is 1.64 bits per heavy atom. The smallest absolute Gasteiger partial charge is 0.332 e. The minimum absolute atomic E-state index is 0.0496. The van der Waals surface area contributed by atoms with Crippen molar-refractivity contribution in [2.45, 2.75) is 25.9 Å². The molecular weight excluding hydrogens is 172 g/mol. The third-order valence-corrected chi connectivity index (χ3v) is 1.12. The zero-order chi connectivity index (χ0) is 8.85. The number of hydrogen-bond acceptors (Lipinski definition) is 4. The van der Waals surface area contributed by atoms with Crippen LogP contribution in [0.3, 0.4) is 0 Å². The topological polar surface area (TPSA) is 63.6 Å². The van der Waals surface area contributed by atoms with Gasteiger partial charge in [-0.3, -0.25) is 9.59 Å². The molecule has 0 bridgehead atoms. The van der Waals surface area contributed by atoms with Crippen molar-refractivity contribution in [3.63, 3.8) is 0 Å². The van der Waals surface area contributed by atoms with Gasteiger partial charge in [0.15, 0.2) is 0 Å². The number of aliphatic hydroxyl groups is 1. The number of rotatable bonds is 4. The summed E-state index contributed by atoms with van der Waals surface area (Å²) >= 11 is 4.67. The molecule has 0 saturated carbocycles. The predicted molar refractivity (Wildman–Crippen MR) is 37.9 cm³/mol. The fourth-order valence-electron chi connectivity index (χ4n) is 0.590. The molecule has 0 radical (unpaired) electrons. The van der Waals surface area contributed by atoms with Crippen molar-refractivity contribution >= 4 is 23.6 Å². The van der Waals surface area contributed by atoms with E-state index < -0.39 is 12.1 Å². The molecule has 0 aromatic rings. The average Bonchev–Trinajstić information content (AvgIpc) is 1.85. The van der Waals surface area contributed by atoms with Crippen LogP contribution in [0.1, 0.15) is 19.8 Å². The van der Waals surface area contributed by atoms with Crippen molar-refractivity contribution in [2.24, 2.45) is 0 Å². The van der Waals surface area contributed by atoms with Crippen LogP contribution >= 0.6 is 11.9 Å². The summed E-state index contributed by atoms with van der Waals surface area (Å²) in [6.45, 7) is 1.46. The van der Waals surface area contributed by atoms with E-state index in [0.29, 0.717) is 0 Å². The van der Waals surface area contributed by atoms with E-state index in [0.717, 1.165) is 0 Å². The molecule has 0 fully saturated rings. The molecule has 0 aliphatic rings. The number of ketones is 1. The highest BCUT2D eigenvalue weighted by molar-refractivity contribution is 6.15. The second kappa shape index (κ2) is 5.09. The summed E-state index contributed by atoms with van der Waals surface area (Å²) in [6, 6.07) is 0. The highest BCUT2D eigenvalue weighted by atomic mass is 35.5. The number of carbonyl (C=O) groups excluding carboxylic acids is 2. The van der Waals surface area contributed by atoms with E-state index in [-0.39, 0.29) is 18.6 Å². The SMILES string of the molecule is CC(O)CC(=O)CC(=O)OCl. The fourth-order valence-corrected chi connectivity index (χ4v) is 0.644. The van der Waals surface area contributed by atoms with Crippen LogP contribution in [0.5, 0.6) is 0 Å². The summed E-state index contributed by atoms with van der Waals surface area (Å²) in [6.07, 6.45) is -1.16. The fraction of sp³-hybridized carbons (Fsp3) is 0.667. The first-order valence-electron chi connectivity index (χ1n) is 3.07. The van der Waals surface area contributed by atoms with Crippen LogP contribution in [-0.4, -0.2) is 23.0 Å². The monoisotopic (exact) mass is 180 g/mol. The first-order valence-corrected chi connectivity index (χ1v) is 3.38. The molecule has 1 N–H and O–H groups in total. The summed E-state index contributed by atoms with van der Waals surface area (Å²) in [5.74, 6) is -1.18. The van der Waals surface area contributed by atoms with Gasteiger partial charge in [-0.05, 0) is 6.92 Å². The molecule has 0 aliphatic heterocycles. The largest absolute Gasteiger partial charge is 0.393 e. The van der Waals surface area contributed by atoms with Gasteiger partial charge in [-0.25, -0.2) is 0 Å². The Labute approximate surface area is 69.3 Å². The van der Waals surface area contributed by atoms with Crippen LogP contribution in [0, 0.1) is 0 Å². The van der Waals surface area contributed by atoms with Crippen molar-refractivity contribution in [2.75, 3.05) is 0 Å². The van der Waals surface area contributed by atoms with Crippen LogP contribution in [0.15, 0.2) is 0 Å². The molecular formula is C6H9ClO4. The summed E-state index contributed by atoms with van der Waals surface area (Å²) in [5.41, 5.74) is 0. The van der Waals surface area contributed by atoms with E-state index in [1.807, 2.05) is 0 Å². The average molecular weight is 181 g/mol. The Morgan fingerprint density at radius 3 is 2.55 bits per heavy atom. The van der Waals surface area contributed by atoms with Crippen LogP contribution in [0.25, 0.3) is 0 Å². The number of Topliss-reactive ketones (excluding diaryl/α,β-unsaturated/α-hetero) is 1. The van der Waals surface area contributed by atoms with Gasteiger partial charge in [-0.1, -0.05) is 0 Å². The number of carbonyl (C=O) groups is 2. The quantitative estimate of drug-likeness (QED) is 0.637. The molecule has 0 amide bonds. The maximum absolute atomic E-state index is 10.7. The third-order valence-electron chi connectivity index (χ3n) is 0.951. The minimum atomic E-state index is -0.794. The van der Waals surface area contributed by atoms with E-state index in [1.165, 1.54) is 6.92 Å². The van der Waals surface area contributed by atoms with Gasteiger partial charge in [0.05, 0.1) is 6.10 Å². The Bertz CT molecular complexity index is 155. The van der Waals surface area contributed by atoms with E-state index >= 15 is 0 Å². The molecule has 1 unspecified atom stereocenters. The molecule has 0 aromatic heterocycles. The van der Waals surface area contributed by atoms with Gasteiger partial charge in [-0.15, -0.1) is 0 Å². The maximum atomic E-state index is 10.7. The zero-order valence-electron chi connectivity index (χ0n) is 6.04. The molecule has 0 spiro atoms. The molecule has 0 heterocycles.